The number of benzene rings is 2. The van der Waals surface area contributed by atoms with Crippen LogP contribution in [0.1, 0.15) is 5.56 Å². The first kappa shape index (κ1) is 16.8. The number of para-hydroxylation sites is 1. The van der Waals surface area contributed by atoms with Gasteiger partial charge in [-0.1, -0.05) is 12.1 Å². The number of hydrogen-bond donors (Lipinski definition) is 0. The quantitative estimate of drug-likeness (QED) is 0.747. The molecule has 5 nitrogen and oxygen atoms in total. The molecule has 0 fully saturated rings. The smallest absolute Gasteiger partial charge is 0.203 e. The highest BCUT2D eigenvalue weighted by Crippen LogP contribution is 2.37. The molecule has 23 heavy (non-hydrogen) atoms. The number of ether oxygens (including phenoxy) is 5. The lowest BCUT2D eigenvalue weighted by molar-refractivity contribution is 0.277. The molecular formula is C18H22O5. The van der Waals surface area contributed by atoms with Crippen LogP contribution in [0.25, 0.3) is 0 Å². The van der Waals surface area contributed by atoms with E-state index in [4.69, 9.17) is 23.7 Å². The zero-order valence-corrected chi connectivity index (χ0v) is 13.9. The molecule has 0 saturated carbocycles. The van der Waals surface area contributed by atoms with Crippen molar-refractivity contribution in [1.82, 2.24) is 0 Å². The summed E-state index contributed by atoms with van der Waals surface area (Å²) in [5.41, 5.74) is 1.09. The molecule has 2 aromatic rings. The average Bonchev–Trinajstić information content (AvgIpc) is 2.61. The zero-order valence-electron chi connectivity index (χ0n) is 13.9. The fourth-order valence-electron chi connectivity index (χ4n) is 2.27. The van der Waals surface area contributed by atoms with Gasteiger partial charge in [-0.25, -0.2) is 0 Å². The normalized spacial score (nSPS) is 10.1. The van der Waals surface area contributed by atoms with E-state index in [1.807, 2.05) is 36.4 Å². The van der Waals surface area contributed by atoms with E-state index in [2.05, 4.69) is 0 Å². The molecule has 0 aliphatic rings. The van der Waals surface area contributed by atoms with Crippen LogP contribution in [0.4, 0.5) is 0 Å². The van der Waals surface area contributed by atoms with Gasteiger partial charge in [0.2, 0.25) is 5.75 Å². The Morgan fingerprint density at radius 3 is 1.87 bits per heavy atom. The molecule has 0 unspecified atom stereocenters. The Balaban J connectivity index is 2.05. The van der Waals surface area contributed by atoms with Gasteiger partial charge in [-0.2, -0.15) is 0 Å². The molecule has 0 aliphatic heterocycles. The van der Waals surface area contributed by atoms with Gasteiger partial charge in [-0.15, -0.1) is 0 Å². The molecule has 0 aromatic heterocycles. The molecule has 0 spiro atoms. The predicted octanol–water partition coefficient (Wildman–Crippen LogP) is 3.34. The van der Waals surface area contributed by atoms with Gasteiger partial charge in [0.05, 0.1) is 35.0 Å². The molecule has 2 aromatic carbocycles. The van der Waals surface area contributed by atoms with Gasteiger partial charge in [0.1, 0.15) is 0 Å². The number of rotatable bonds is 8. The third-order valence-electron chi connectivity index (χ3n) is 3.47. The first-order valence-electron chi connectivity index (χ1n) is 7.28. The van der Waals surface area contributed by atoms with Crippen molar-refractivity contribution in [1.29, 1.82) is 0 Å². The van der Waals surface area contributed by atoms with E-state index >= 15 is 0 Å². The summed E-state index contributed by atoms with van der Waals surface area (Å²) in [6, 6.07) is 11.4. The Bertz CT molecular complexity index is 617. The third-order valence-corrected chi connectivity index (χ3v) is 3.47. The van der Waals surface area contributed by atoms with Gasteiger partial charge in [0.15, 0.2) is 23.0 Å². The first-order valence-corrected chi connectivity index (χ1v) is 7.28. The lowest BCUT2D eigenvalue weighted by atomic mass is 10.1. The molecule has 5 heteroatoms. The van der Waals surface area contributed by atoms with E-state index in [-0.39, 0.29) is 0 Å². The highest BCUT2D eigenvalue weighted by molar-refractivity contribution is 5.51. The molecule has 2 rings (SSSR count). The SMILES string of the molecule is COc1ccc(CCOc2c(OC)cccc2OC)cc1OC. The van der Waals surface area contributed by atoms with Crippen LogP contribution in [0.15, 0.2) is 36.4 Å². The van der Waals surface area contributed by atoms with Crippen molar-refractivity contribution < 1.29 is 23.7 Å². The Labute approximate surface area is 136 Å². The van der Waals surface area contributed by atoms with Gasteiger partial charge in [-0.3, -0.25) is 0 Å². The highest BCUT2D eigenvalue weighted by atomic mass is 16.5. The summed E-state index contributed by atoms with van der Waals surface area (Å²) >= 11 is 0. The minimum atomic E-state index is 0.492. The largest absolute Gasteiger partial charge is 0.493 e. The maximum Gasteiger partial charge on any atom is 0.203 e. The van der Waals surface area contributed by atoms with Crippen molar-refractivity contribution in [2.45, 2.75) is 6.42 Å². The summed E-state index contributed by atoms with van der Waals surface area (Å²) in [6.45, 7) is 0.492. The molecule has 124 valence electrons. The van der Waals surface area contributed by atoms with E-state index in [9.17, 15) is 0 Å². The van der Waals surface area contributed by atoms with E-state index in [1.165, 1.54) is 0 Å². The summed E-state index contributed by atoms with van der Waals surface area (Å²) in [6.07, 6.45) is 0.724. The van der Waals surface area contributed by atoms with Crippen LogP contribution in [0.5, 0.6) is 28.7 Å². The van der Waals surface area contributed by atoms with Gasteiger partial charge >= 0.3 is 0 Å². The zero-order chi connectivity index (χ0) is 16.7. The molecule has 0 aliphatic carbocycles. The summed E-state index contributed by atoms with van der Waals surface area (Å²) < 4.78 is 27.0. The minimum absolute atomic E-state index is 0.492. The molecular weight excluding hydrogens is 296 g/mol. The van der Waals surface area contributed by atoms with Gasteiger partial charge in [-0.05, 0) is 29.8 Å². The fraction of sp³-hybridized carbons (Fsp3) is 0.333. The van der Waals surface area contributed by atoms with E-state index in [1.54, 1.807) is 28.4 Å². The van der Waals surface area contributed by atoms with Crippen molar-refractivity contribution in [3.05, 3.63) is 42.0 Å². The van der Waals surface area contributed by atoms with Crippen molar-refractivity contribution in [2.75, 3.05) is 35.0 Å². The van der Waals surface area contributed by atoms with E-state index in [0.29, 0.717) is 35.4 Å². The molecule has 0 heterocycles. The van der Waals surface area contributed by atoms with E-state index in [0.717, 1.165) is 12.0 Å². The second kappa shape index (κ2) is 8.17. The summed E-state index contributed by atoms with van der Waals surface area (Å²) in [5.74, 6) is 3.33. The summed E-state index contributed by atoms with van der Waals surface area (Å²) in [4.78, 5) is 0. The number of hydrogen-bond acceptors (Lipinski definition) is 5. The molecule has 0 bridgehead atoms. The Morgan fingerprint density at radius 2 is 1.30 bits per heavy atom. The first-order chi connectivity index (χ1) is 11.2. The second-order valence-corrected chi connectivity index (χ2v) is 4.78. The predicted molar refractivity (Wildman–Crippen MR) is 88.3 cm³/mol. The van der Waals surface area contributed by atoms with Crippen LogP contribution >= 0.6 is 0 Å². The van der Waals surface area contributed by atoms with Crippen molar-refractivity contribution in [3.63, 3.8) is 0 Å². The monoisotopic (exact) mass is 318 g/mol. The fourth-order valence-corrected chi connectivity index (χ4v) is 2.27. The molecule has 0 N–H and O–H groups in total. The lowest BCUT2D eigenvalue weighted by Crippen LogP contribution is -2.04. The van der Waals surface area contributed by atoms with Crippen molar-refractivity contribution in [2.24, 2.45) is 0 Å². The maximum absolute atomic E-state index is 5.86. The Morgan fingerprint density at radius 1 is 0.696 bits per heavy atom. The van der Waals surface area contributed by atoms with Gasteiger partial charge in [0, 0.05) is 6.42 Å². The molecule has 0 radical (unpaired) electrons. The van der Waals surface area contributed by atoms with Crippen LogP contribution in [0, 0.1) is 0 Å². The van der Waals surface area contributed by atoms with Crippen LogP contribution < -0.4 is 23.7 Å². The van der Waals surface area contributed by atoms with Crippen molar-refractivity contribution >= 4 is 0 Å². The third kappa shape index (κ3) is 4.00. The molecule has 0 atom stereocenters. The topological polar surface area (TPSA) is 46.2 Å². The van der Waals surface area contributed by atoms with E-state index < -0.39 is 0 Å². The molecule has 0 amide bonds. The standard InChI is InChI=1S/C18H22O5/c1-19-14-9-8-13(12-17(14)22-4)10-11-23-18-15(20-2)6-5-7-16(18)21-3/h5-9,12H,10-11H2,1-4H3. The minimum Gasteiger partial charge on any atom is -0.493 e. The number of methoxy groups -OCH3 is 4. The van der Waals surface area contributed by atoms with Crippen LogP contribution in [0.2, 0.25) is 0 Å². The van der Waals surface area contributed by atoms with Crippen LogP contribution in [-0.2, 0) is 6.42 Å². The lowest BCUT2D eigenvalue weighted by Gasteiger charge is -2.14. The van der Waals surface area contributed by atoms with Gasteiger partial charge in [0.25, 0.3) is 0 Å². The van der Waals surface area contributed by atoms with Crippen LogP contribution in [-0.4, -0.2) is 35.0 Å². The molecule has 0 saturated heterocycles. The highest BCUT2D eigenvalue weighted by Gasteiger charge is 2.11. The Hall–Kier alpha value is -2.56. The average molecular weight is 318 g/mol. The maximum atomic E-state index is 5.86. The van der Waals surface area contributed by atoms with Crippen LogP contribution in [0.3, 0.4) is 0 Å². The van der Waals surface area contributed by atoms with Gasteiger partial charge < -0.3 is 23.7 Å². The summed E-state index contributed by atoms with van der Waals surface area (Å²) in [7, 11) is 6.46. The Kier molecular flexibility index (Phi) is 5.97. The van der Waals surface area contributed by atoms with Crippen molar-refractivity contribution in [3.8, 4) is 28.7 Å². The second-order valence-electron chi connectivity index (χ2n) is 4.78. The summed E-state index contributed by atoms with van der Waals surface area (Å²) in [5, 5.41) is 0.